The Balaban J connectivity index is 2.08. The fourth-order valence-electron chi connectivity index (χ4n) is 1.67. The van der Waals surface area contributed by atoms with Crippen molar-refractivity contribution in [1.82, 2.24) is 0 Å². The first kappa shape index (κ1) is 13.6. The third kappa shape index (κ3) is 3.58. The van der Waals surface area contributed by atoms with Gasteiger partial charge in [0.2, 0.25) is 0 Å². The molecule has 98 valence electrons. The van der Waals surface area contributed by atoms with E-state index in [2.05, 4.69) is 13.8 Å². The summed E-state index contributed by atoms with van der Waals surface area (Å²) in [7, 11) is 0. The summed E-state index contributed by atoms with van der Waals surface area (Å²) in [6, 6.07) is 14.2. The highest BCUT2D eigenvalue weighted by Gasteiger charge is 2.08. The fraction of sp³-hybridized carbons (Fsp3) is 0.188. The van der Waals surface area contributed by atoms with E-state index in [1.54, 1.807) is 24.3 Å². The predicted molar refractivity (Wildman–Crippen MR) is 76.9 cm³/mol. The first-order chi connectivity index (χ1) is 9.06. The number of carbonyl (C=O) groups is 1. The Bertz CT molecular complexity index is 556. The molecule has 0 N–H and O–H groups in total. The van der Waals surface area contributed by atoms with Crippen LogP contribution >= 0.6 is 11.6 Å². The van der Waals surface area contributed by atoms with Gasteiger partial charge in [-0.25, -0.2) is 4.79 Å². The standard InChI is InChI=1S/C16H15ClO2/c1-11(2)12-5-9-15(10-6-12)19-16(18)13-3-7-14(17)8-4-13/h3-11H,1-2H3. The molecule has 0 radical (unpaired) electrons. The number of hydrogen-bond acceptors (Lipinski definition) is 2. The summed E-state index contributed by atoms with van der Waals surface area (Å²) >= 11 is 5.77. The fourth-order valence-corrected chi connectivity index (χ4v) is 1.80. The highest BCUT2D eigenvalue weighted by molar-refractivity contribution is 6.30. The van der Waals surface area contributed by atoms with Crippen molar-refractivity contribution in [2.24, 2.45) is 0 Å². The molecule has 0 fully saturated rings. The number of rotatable bonds is 3. The number of halogens is 1. The SMILES string of the molecule is CC(C)c1ccc(OC(=O)c2ccc(Cl)cc2)cc1. The maximum atomic E-state index is 11.9. The summed E-state index contributed by atoms with van der Waals surface area (Å²) in [6.45, 7) is 4.24. The summed E-state index contributed by atoms with van der Waals surface area (Å²) in [5, 5.41) is 0.595. The van der Waals surface area contributed by atoms with Crippen LogP contribution in [0.25, 0.3) is 0 Å². The van der Waals surface area contributed by atoms with Crippen LogP contribution < -0.4 is 4.74 Å². The lowest BCUT2D eigenvalue weighted by Gasteiger charge is -2.07. The van der Waals surface area contributed by atoms with Crippen molar-refractivity contribution in [3.05, 3.63) is 64.7 Å². The smallest absolute Gasteiger partial charge is 0.343 e. The van der Waals surface area contributed by atoms with E-state index in [0.717, 1.165) is 0 Å². The van der Waals surface area contributed by atoms with Gasteiger partial charge in [0.15, 0.2) is 0 Å². The van der Waals surface area contributed by atoms with E-state index >= 15 is 0 Å². The van der Waals surface area contributed by atoms with E-state index in [-0.39, 0.29) is 5.97 Å². The van der Waals surface area contributed by atoms with Gasteiger partial charge in [-0.1, -0.05) is 37.6 Å². The van der Waals surface area contributed by atoms with E-state index in [1.165, 1.54) is 5.56 Å². The number of carbonyl (C=O) groups excluding carboxylic acids is 1. The van der Waals surface area contributed by atoms with Crippen LogP contribution in [0.3, 0.4) is 0 Å². The minimum absolute atomic E-state index is 0.381. The Hall–Kier alpha value is -1.80. The Labute approximate surface area is 118 Å². The summed E-state index contributed by atoms with van der Waals surface area (Å²) in [4.78, 5) is 11.9. The largest absolute Gasteiger partial charge is 0.423 e. The van der Waals surface area contributed by atoms with Gasteiger partial charge in [-0.05, 0) is 47.9 Å². The second-order valence-electron chi connectivity index (χ2n) is 4.62. The van der Waals surface area contributed by atoms with Crippen molar-refractivity contribution < 1.29 is 9.53 Å². The second kappa shape index (κ2) is 5.89. The highest BCUT2D eigenvalue weighted by atomic mass is 35.5. The van der Waals surface area contributed by atoms with Crippen molar-refractivity contribution >= 4 is 17.6 Å². The molecule has 0 heterocycles. The minimum atomic E-state index is -0.381. The molecule has 0 unspecified atom stereocenters. The quantitative estimate of drug-likeness (QED) is 0.600. The minimum Gasteiger partial charge on any atom is -0.423 e. The Kier molecular flexibility index (Phi) is 4.23. The van der Waals surface area contributed by atoms with Gasteiger partial charge in [0.05, 0.1) is 5.56 Å². The Morgan fingerprint density at radius 1 is 1.00 bits per heavy atom. The molecule has 0 aliphatic heterocycles. The lowest BCUT2D eigenvalue weighted by Crippen LogP contribution is -2.08. The second-order valence-corrected chi connectivity index (χ2v) is 5.06. The maximum Gasteiger partial charge on any atom is 0.343 e. The summed E-state index contributed by atoms with van der Waals surface area (Å²) < 4.78 is 5.29. The molecule has 0 aromatic heterocycles. The predicted octanol–water partition coefficient (Wildman–Crippen LogP) is 4.68. The number of esters is 1. The van der Waals surface area contributed by atoms with Crippen LogP contribution in [0.15, 0.2) is 48.5 Å². The van der Waals surface area contributed by atoms with Gasteiger partial charge in [0, 0.05) is 5.02 Å². The van der Waals surface area contributed by atoms with Crippen molar-refractivity contribution in [3.63, 3.8) is 0 Å². The summed E-state index contributed by atoms with van der Waals surface area (Å²) in [5.74, 6) is 0.624. The van der Waals surface area contributed by atoms with Crippen LogP contribution in [0.1, 0.15) is 35.7 Å². The normalized spacial score (nSPS) is 10.5. The van der Waals surface area contributed by atoms with Gasteiger partial charge in [0.1, 0.15) is 5.75 Å². The molecule has 2 rings (SSSR count). The molecular weight excluding hydrogens is 260 g/mol. The van der Waals surface area contributed by atoms with Gasteiger partial charge in [0.25, 0.3) is 0 Å². The van der Waals surface area contributed by atoms with Crippen molar-refractivity contribution in [2.75, 3.05) is 0 Å². The molecule has 0 spiro atoms. The van der Waals surface area contributed by atoms with E-state index in [0.29, 0.717) is 22.3 Å². The molecule has 19 heavy (non-hydrogen) atoms. The molecule has 2 aromatic carbocycles. The highest BCUT2D eigenvalue weighted by Crippen LogP contribution is 2.19. The monoisotopic (exact) mass is 274 g/mol. The van der Waals surface area contributed by atoms with Crippen molar-refractivity contribution in [2.45, 2.75) is 19.8 Å². The van der Waals surface area contributed by atoms with E-state index in [4.69, 9.17) is 16.3 Å². The van der Waals surface area contributed by atoms with Crippen LogP contribution in [0.2, 0.25) is 5.02 Å². The topological polar surface area (TPSA) is 26.3 Å². The first-order valence-electron chi connectivity index (χ1n) is 6.14. The molecule has 0 aliphatic rings. The molecular formula is C16H15ClO2. The zero-order valence-electron chi connectivity index (χ0n) is 10.9. The average molecular weight is 275 g/mol. The van der Waals surface area contributed by atoms with E-state index < -0.39 is 0 Å². The van der Waals surface area contributed by atoms with Crippen LogP contribution in [-0.4, -0.2) is 5.97 Å². The average Bonchev–Trinajstić information content (AvgIpc) is 2.40. The zero-order valence-corrected chi connectivity index (χ0v) is 11.6. The number of ether oxygens (including phenoxy) is 1. The third-order valence-electron chi connectivity index (χ3n) is 2.84. The first-order valence-corrected chi connectivity index (χ1v) is 6.52. The summed E-state index contributed by atoms with van der Waals surface area (Å²) in [6.07, 6.45) is 0. The molecule has 0 atom stereocenters. The van der Waals surface area contributed by atoms with Gasteiger partial charge in [-0.2, -0.15) is 0 Å². The van der Waals surface area contributed by atoms with Gasteiger partial charge in [-0.15, -0.1) is 0 Å². The molecule has 0 saturated heterocycles. The van der Waals surface area contributed by atoms with Gasteiger partial charge < -0.3 is 4.74 Å². The lowest BCUT2D eigenvalue weighted by atomic mass is 10.0. The number of benzene rings is 2. The maximum absolute atomic E-state index is 11.9. The van der Waals surface area contributed by atoms with Gasteiger partial charge in [-0.3, -0.25) is 0 Å². The van der Waals surface area contributed by atoms with Gasteiger partial charge >= 0.3 is 5.97 Å². The number of hydrogen-bond donors (Lipinski definition) is 0. The van der Waals surface area contributed by atoms with Crippen LogP contribution in [0.4, 0.5) is 0 Å². The molecule has 2 aromatic rings. The lowest BCUT2D eigenvalue weighted by molar-refractivity contribution is 0.0735. The third-order valence-corrected chi connectivity index (χ3v) is 3.09. The molecule has 3 heteroatoms. The molecule has 2 nitrogen and oxygen atoms in total. The summed E-state index contributed by atoms with van der Waals surface area (Å²) in [5.41, 5.74) is 1.70. The van der Waals surface area contributed by atoms with Crippen molar-refractivity contribution in [1.29, 1.82) is 0 Å². The Morgan fingerprint density at radius 2 is 1.58 bits per heavy atom. The molecule has 0 amide bonds. The zero-order chi connectivity index (χ0) is 13.8. The van der Waals surface area contributed by atoms with Crippen molar-refractivity contribution in [3.8, 4) is 5.75 Å². The van der Waals surface area contributed by atoms with Crippen LogP contribution in [0.5, 0.6) is 5.75 Å². The molecule has 0 bridgehead atoms. The van der Waals surface area contributed by atoms with Crippen LogP contribution in [0, 0.1) is 0 Å². The molecule has 0 aliphatic carbocycles. The van der Waals surface area contributed by atoms with E-state index in [1.807, 2.05) is 24.3 Å². The van der Waals surface area contributed by atoms with Crippen LogP contribution in [-0.2, 0) is 0 Å². The van der Waals surface area contributed by atoms with E-state index in [9.17, 15) is 4.79 Å². The Morgan fingerprint density at radius 3 is 2.11 bits per heavy atom. The molecule has 0 saturated carbocycles.